The molecule has 0 heterocycles. The van der Waals surface area contributed by atoms with Crippen molar-refractivity contribution >= 4 is 33.2 Å². The minimum Gasteiger partial charge on any atom is -0.494 e. The Bertz CT molecular complexity index is 504. The molecule has 86 valence electrons. The SMILES string of the molecule is COc1c(Cl)cc(NC=C(C#N)C#N)cc1Br. The molecule has 1 aromatic carbocycles. The third kappa shape index (κ3) is 3.39. The van der Waals surface area contributed by atoms with Gasteiger partial charge in [0.05, 0.1) is 16.6 Å². The Morgan fingerprint density at radius 2 is 2.12 bits per heavy atom. The normalized spacial score (nSPS) is 8.76. The molecule has 1 rings (SSSR count). The number of methoxy groups -OCH3 is 1. The van der Waals surface area contributed by atoms with Crippen molar-refractivity contribution in [1.29, 1.82) is 10.5 Å². The molecule has 1 N–H and O–H groups in total. The smallest absolute Gasteiger partial charge is 0.151 e. The van der Waals surface area contributed by atoms with Crippen molar-refractivity contribution < 1.29 is 4.74 Å². The summed E-state index contributed by atoms with van der Waals surface area (Å²) in [5.74, 6) is 0.530. The van der Waals surface area contributed by atoms with Crippen molar-refractivity contribution in [2.24, 2.45) is 0 Å². The summed E-state index contributed by atoms with van der Waals surface area (Å²) in [6.45, 7) is 0. The lowest BCUT2D eigenvalue weighted by molar-refractivity contribution is 0.412. The summed E-state index contributed by atoms with van der Waals surface area (Å²) in [4.78, 5) is 0. The monoisotopic (exact) mass is 311 g/mol. The van der Waals surface area contributed by atoms with Gasteiger partial charge in [-0.1, -0.05) is 11.6 Å². The number of benzene rings is 1. The summed E-state index contributed by atoms with van der Waals surface area (Å²) in [7, 11) is 1.52. The molecular weight excluding hydrogens is 305 g/mol. The minimum absolute atomic E-state index is 0.0203. The van der Waals surface area contributed by atoms with Crippen molar-refractivity contribution in [3.8, 4) is 17.9 Å². The van der Waals surface area contributed by atoms with Crippen molar-refractivity contribution in [3.05, 3.63) is 33.4 Å². The molecule has 0 saturated carbocycles. The van der Waals surface area contributed by atoms with Crippen LogP contribution in [0.3, 0.4) is 0 Å². The molecule has 17 heavy (non-hydrogen) atoms. The van der Waals surface area contributed by atoms with Crippen LogP contribution in [0, 0.1) is 22.7 Å². The van der Waals surface area contributed by atoms with Gasteiger partial charge in [-0.15, -0.1) is 0 Å². The Balaban J connectivity index is 3.00. The van der Waals surface area contributed by atoms with E-state index in [0.29, 0.717) is 20.9 Å². The summed E-state index contributed by atoms with van der Waals surface area (Å²) < 4.78 is 5.75. The van der Waals surface area contributed by atoms with Gasteiger partial charge in [0, 0.05) is 11.9 Å². The van der Waals surface area contributed by atoms with E-state index in [0.717, 1.165) is 0 Å². The van der Waals surface area contributed by atoms with Crippen molar-refractivity contribution in [2.45, 2.75) is 0 Å². The molecule has 0 unspecified atom stereocenters. The molecule has 6 heteroatoms. The van der Waals surface area contributed by atoms with Gasteiger partial charge in [-0.3, -0.25) is 0 Å². The molecule has 0 radical (unpaired) electrons. The average molecular weight is 313 g/mol. The van der Waals surface area contributed by atoms with E-state index in [1.807, 2.05) is 0 Å². The fraction of sp³-hybridized carbons (Fsp3) is 0.0909. The van der Waals surface area contributed by atoms with Crippen LogP contribution in [0.1, 0.15) is 0 Å². The highest BCUT2D eigenvalue weighted by molar-refractivity contribution is 9.10. The first-order valence-electron chi connectivity index (χ1n) is 4.42. The lowest BCUT2D eigenvalue weighted by Crippen LogP contribution is -1.92. The highest BCUT2D eigenvalue weighted by Crippen LogP contribution is 2.35. The first-order valence-corrected chi connectivity index (χ1v) is 5.59. The number of nitrogens with zero attached hydrogens (tertiary/aromatic N) is 2. The van der Waals surface area contributed by atoms with Crippen molar-refractivity contribution in [1.82, 2.24) is 0 Å². The van der Waals surface area contributed by atoms with Gasteiger partial charge in [0.2, 0.25) is 0 Å². The van der Waals surface area contributed by atoms with E-state index >= 15 is 0 Å². The Kier molecular flexibility index (Phi) is 4.84. The van der Waals surface area contributed by atoms with E-state index in [2.05, 4.69) is 21.2 Å². The van der Waals surface area contributed by atoms with E-state index in [1.165, 1.54) is 13.3 Å². The number of halogens is 2. The molecule has 0 spiro atoms. The van der Waals surface area contributed by atoms with E-state index in [4.69, 9.17) is 26.9 Å². The predicted molar refractivity (Wildman–Crippen MR) is 68.6 cm³/mol. The molecule has 0 fully saturated rings. The number of ether oxygens (including phenoxy) is 1. The molecule has 0 saturated heterocycles. The van der Waals surface area contributed by atoms with Crippen molar-refractivity contribution in [3.63, 3.8) is 0 Å². The van der Waals surface area contributed by atoms with Gasteiger partial charge in [0.25, 0.3) is 0 Å². The molecule has 0 atom stereocenters. The Morgan fingerprint density at radius 3 is 2.59 bits per heavy atom. The number of hydrogen-bond acceptors (Lipinski definition) is 4. The van der Waals surface area contributed by atoms with Gasteiger partial charge in [-0.25, -0.2) is 0 Å². The number of nitrogens with one attached hydrogen (secondary N) is 1. The van der Waals surface area contributed by atoms with Crippen LogP contribution in [0.15, 0.2) is 28.4 Å². The highest BCUT2D eigenvalue weighted by Gasteiger charge is 2.07. The maximum absolute atomic E-state index is 8.56. The summed E-state index contributed by atoms with van der Waals surface area (Å²) in [6, 6.07) is 6.85. The van der Waals surface area contributed by atoms with E-state index in [9.17, 15) is 0 Å². The third-order valence-electron chi connectivity index (χ3n) is 1.83. The second-order valence-corrected chi connectivity index (χ2v) is 4.16. The fourth-order valence-electron chi connectivity index (χ4n) is 1.08. The minimum atomic E-state index is -0.0203. The van der Waals surface area contributed by atoms with Crippen LogP contribution in [0.25, 0.3) is 0 Å². The summed E-state index contributed by atoms with van der Waals surface area (Å²) in [5, 5.41) is 20.3. The van der Waals surface area contributed by atoms with Gasteiger partial charge in [-0.05, 0) is 28.1 Å². The standard InChI is InChI=1S/C11H7BrClN3O/c1-17-11-9(12)2-8(3-10(11)13)16-6-7(4-14)5-15/h2-3,6,16H,1H3. The van der Waals surface area contributed by atoms with Gasteiger partial charge in [0.15, 0.2) is 5.75 Å². The zero-order valence-electron chi connectivity index (χ0n) is 8.79. The molecule has 0 aromatic heterocycles. The molecule has 1 aromatic rings. The Hall–Kier alpha value is -1.69. The van der Waals surface area contributed by atoms with Crippen LogP contribution in [0.4, 0.5) is 5.69 Å². The number of rotatable bonds is 3. The van der Waals surface area contributed by atoms with Crippen LogP contribution >= 0.6 is 27.5 Å². The second kappa shape index (κ2) is 6.15. The number of allylic oxidation sites excluding steroid dienone is 1. The van der Waals surface area contributed by atoms with Crippen LogP contribution < -0.4 is 10.1 Å². The van der Waals surface area contributed by atoms with Crippen LogP contribution in [0.2, 0.25) is 5.02 Å². The van der Waals surface area contributed by atoms with Crippen LogP contribution in [0.5, 0.6) is 5.75 Å². The third-order valence-corrected chi connectivity index (χ3v) is 2.70. The number of hydrogen-bond donors (Lipinski definition) is 1. The van der Waals surface area contributed by atoms with Gasteiger partial charge in [0.1, 0.15) is 17.7 Å². The molecule has 0 aliphatic carbocycles. The molecular formula is C11H7BrClN3O. The lowest BCUT2D eigenvalue weighted by Gasteiger charge is -2.08. The lowest BCUT2D eigenvalue weighted by atomic mass is 10.3. The zero-order chi connectivity index (χ0) is 12.8. The number of nitriles is 2. The van der Waals surface area contributed by atoms with Crippen LogP contribution in [-0.4, -0.2) is 7.11 Å². The molecule has 0 bridgehead atoms. The van der Waals surface area contributed by atoms with Gasteiger partial charge >= 0.3 is 0 Å². The largest absolute Gasteiger partial charge is 0.494 e. The van der Waals surface area contributed by atoms with Crippen molar-refractivity contribution in [2.75, 3.05) is 12.4 Å². The first kappa shape index (κ1) is 13.4. The maximum Gasteiger partial charge on any atom is 0.151 e. The van der Waals surface area contributed by atoms with E-state index < -0.39 is 0 Å². The molecule has 4 nitrogen and oxygen atoms in total. The number of anilines is 1. The zero-order valence-corrected chi connectivity index (χ0v) is 11.1. The van der Waals surface area contributed by atoms with E-state index in [1.54, 1.807) is 24.3 Å². The Morgan fingerprint density at radius 1 is 1.47 bits per heavy atom. The highest BCUT2D eigenvalue weighted by atomic mass is 79.9. The maximum atomic E-state index is 8.56. The topological polar surface area (TPSA) is 68.8 Å². The fourth-order valence-corrected chi connectivity index (χ4v) is 2.12. The summed E-state index contributed by atoms with van der Waals surface area (Å²) in [6.07, 6.45) is 1.31. The molecule has 0 aliphatic heterocycles. The van der Waals surface area contributed by atoms with E-state index in [-0.39, 0.29) is 5.57 Å². The Labute approximate surface area is 112 Å². The molecule has 0 aliphatic rings. The average Bonchev–Trinajstić information content (AvgIpc) is 2.30. The summed E-state index contributed by atoms with van der Waals surface area (Å²) in [5.41, 5.74) is 0.624. The quantitative estimate of drug-likeness (QED) is 0.868. The van der Waals surface area contributed by atoms with Gasteiger partial charge < -0.3 is 10.1 Å². The second-order valence-electron chi connectivity index (χ2n) is 2.90. The van der Waals surface area contributed by atoms with Crippen LogP contribution in [-0.2, 0) is 0 Å². The summed E-state index contributed by atoms with van der Waals surface area (Å²) >= 11 is 9.27. The predicted octanol–water partition coefficient (Wildman–Crippen LogP) is 3.45. The first-order chi connectivity index (χ1) is 8.12. The van der Waals surface area contributed by atoms with Gasteiger partial charge in [-0.2, -0.15) is 10.5 Å². The molecule has 0 amide bonds.